The van der Waals surface area contributed by atoms with Crippen LogP contribution in [0.1, 0.15) is 31.7 Å². The second-order valence-electron chi connectivity index (χ2n) is 5.57. The maximum atomic E-state index is 9.87. The third kappa shape index (κ3) is 6.64. The highest BCUT2D eigenvalue weighted by molar-refractivity contribution is 14.0. The van der Waals surface area contributed by atoms with E-state index in [2.05, 4.69) is 15.6 Å². The average molecular weight is 472 g/mol. The van der Waals surface area contributed by atoms with Gasteiger partial charge in [-0.15, -0.1) is 24.0 Å². The number of hydrogen-bond donors (Lipinski definition) is 3. The van der Waals surface area contributed by atoms with E-state index in [0.29, 0.717) is 22.5 Å². The van der Waals surface area contributed by atoms with Crippen molar-refractivity contribution >= 4 is 53.1 Å². The largest absolute Gasteiger partial charge is 0.393 e. The molecule has 1 aliphatic rings. The van der Waals surface area contributed by atoms with Crippen LogP contribution in [0.5, 0.6) is 0 Å². The minimum Gasteiger partial charge on any atom is -0.393 e. The van der Waals surface area contributed by atoms with E-state index in [1.54, 1.807) is 6.07 Å². The molecule has 0 aromatic heterocycles. The van der Waals surface area contributed by atoms with Crippen LogP contribution < -0.4 is 10.6 Å². The van der Waals surface area contributed by atoms with Crippen LogP contribution in [0.25, 0.3) is 0 Å². The summed E-state index contributed by atoms with van der Waals surface area (Å²) in [5, 5.41) is 17.6. The molecule has 4 nitrogen and oxygen atoms in total. The molecule has 2 rings (SSSR count). The van der Waals surface area contributed by atoms with Gasteiger partial charge in [0.25, 0.3) is 0 Å². The SMILES string of the molecule is CCNC(=NCc1ccc(Cl)cc1Cl)NCC1CCCC1O.I. The van der Waals surface area contributed by atoms with Crippen LogP contribution in [0.3, 0.4) is 0 Å². The Kier molecular flexibility index (Phi) is 9.58. The molecule has 0 amide bonds. The van der Waals surface area contributed by atoms with Crippen molar-refractivity contribution < 1.29 is 5.11 Å². The first-order chi connectivity index (χ1) is 10.6. The molecule has 2 unspecified atom stereocenters. The molecule has 130 valence electrons. The Labute approximate surface area is 165 Å². The van der Waals surface area contributed by atoms with Gasteiger partial charge in [-0.05, 0) is 37.5 Å². The normalized spacial score (nSPS) is 21.0. The maximum Gasteiger partial charge on any atom is 0.191 e. The summed E-state index contributed by atoms with van der Waals surface area (Å²) in [7, 11) is 0. The molecule has 0 bridgehead atoms. The lowest BCUT2D eigenvalue weighted by molar-refractivity contribution is 0.134. The Morgan fingerprint density at radius 2 is 2.09 bits per heavy atom. The van der Waals surface area contributed by atoms with Gasteiger partial charge in [0.1, 0.15) is 0 Å². The predicted octanol–water partition coefficient (Wildman–Crippen LogP) is 3.83. The summed E-state index contributed by atoms with van der Waals surface area (Å²) in [6.07, 6.45) is 2.87. The third-order valence-electron chi connectivity index (χ3n) is 3.92. The molecule has 0 spiro atoms. The summed E-state index contributed by atoms with van der Waals surface area (Å²) in [6.45, 7) is 4.03. The lowest BCUT2D eigenvalue weighted by Gasteiger charge is -2.17. The van der Waals surface area contributed by atoms with Crippen LogP contribution in [0.4, 0.5) is 0 Å². The number of benzene rings is 1. The monoisotopic (exact) mass is 471 g/mol. The molecule has 3 N–H and O–H groups in total. The first-order valence-corrected chi connectivity index (χ1v) is 8.50. The maximum absolute atomic E-state index is 9.87. The van der Waals surface area contributed by atoms with Crippen LogP contribution in [-0.4, -0.2) is 30.3 Å². The highest BCUT2D eigenvalue weighted by atomic mass is 127. The molecule has 1 saturated carbocycles. The summed E-state index contributed by atoms with van der Waals surface area (Å²) >= 11 is 12.1. The number of rotatable bonds is 5. The molecule has 1 aliphatic carbocycles. The summed E-state index contributed by atoms with van der Waals surface area (Å²) in [5.74, 6) is 1.05. The number of hydrogen-bond acceptors (Lipinski definition) is 2. The van der Waals surface area contributed by atoms with Crippen LogP contribution >= 0.6 is 47.2 Å². The van der Waals surface area contributed by atoms with Crippen molar-refractivity contribution in [2.45, 2.75) is 38.8 Å². The Morgan fingerprint density at radius 1 is 1.30 bits per heavy atom. The zero-order valence-corrected chi connectivity index (χ0v) is 17.0. The number of aliphatic imine (C=N–C) groups is 1. The van der Waals surface area contributed by atoms with E-state index >= 15 is 0 Å². The minimum absolute atomic E-state index is 0. The molecule has 0 radical (unpaired) electrons. The molecule has 0 aliphatic heterocycles. The number of guanidine groups is 1. The van der Waals surface area contributed by atoms with E-state index in [4.69, 9.17) is 23.2 Å². The molecule has 7 heteroatoms. The smallest absolute Gasteiger partial charge is 0.191 e. The molecule has 1 fully saturated rings. The van der Waals surface area contributed by atoms with Gasteiger partial charge in [0.15, 0.2) is 5.96 Å². The van der Waals surface area contributed by atoms with Gasteiger partial charge in [-0.3, -0.25) is 0 Å². The first-order valence-electron chi connectivity index (χ1n) is 7.74. The fraction of sp³-hybridized carbons (Fsp3) is 0.562. The molecule has 1 aromatic rings. The highest BCUT2D eigenvalue weighted by Gasteiger charge is 2.24. The zero-order chi connectivity index (χ0) is 15.9. The van der Waals surface area contributed by atoms with Gasteiger partial charge >= 0.3 is 0 Å². The molecule has 1 aromatic carbocycles. The van der Waals surface area contributed by atoms with E-state index < -0.39 is 0 Å². The Balaban J connectivity index is 0.00000264. The summed E-state index contributed by atoms with van der Waals surface area (Å²) in [6, 6.07) is 5.43. The Morgan fingerprint density at radius 3 is 2.70 bits per heavy atom. The Hall–Kier alpha value is -0.240. The average Bonchev–Trinajstić information content (AvgIpc) is 2.89. The summed E-state index contributed by atoms with van der Waals surface area (Å²) in [5.41, 5.74) is 0.934. The van der Waals surface area contributed by atoms with E-state index in [1.165, 1.54) is 0 Å². The van der Waals surface area contributed by atoms with Crippen LogP contribution in [0, 0.1) is 5.92 Å². The fourth-order valence-electron chi connectivity index (χ4n) is 2.64. The number of halogens is 3. The van der Waals surface area contributed by atoms with Gasteiger partial charge in [0, 0.05) is 29.1 Å². The number of nitrogens with one attached hydrogen (secondary N) is 2. The second kappa shape index (κ2) is 10.6. The van der Waals surface area contributed by atoms with Crippen molar-refractivity contribution in [1.29, 1.82) is 0 Å². The Bertz CT molecular complexity index is 528. The molecule has 0 heterocycles. The lowest BCUT2D eigenvalue weighted by atomic mass is 10.1. The van der Waals surface area contributed by atoms with Gasteiger partial charge in [-0.1, -0.05) is 35.7 Å². The van der Waals surface area contributed by atoms with Gasteiger partial charge in [0.05, 0.1) is 12.6 Å². The molecule has 23 heavy (non-hydrogen) atoms. The quantitative estimate of drug-likeness (QED) is 0.347. The van der Waals surface area contributed by atoms with Gasteiger partial charge in [0.2, 0.25) is 0 Å². The lowest BCUT2D eigenvalue weighted by Crippen LogP contribution is -2.41. The standard InChI is InChI=1S/C16H23Cl2N3O.HI/c1-2-19-16(21-10-12-4-3-5-15(12)22)20-9-11-6-7-13(17)8-14(11)18;/h6-8,12,15,22H,2-5,9-10H2,1H3,(H2,19,20,21);1H. The van der Waals surface area contributed by atoms with Crippen LogP contribution in [0.2, 0.25) is 10.0 Å². The van der Waals surface area contributed by atoms with Gasteiger partial charge in [-0.2, -0.15) is 0 Å². The van der Waals surface area contributed by atoms with E-state index in [0.717, 1.165) is 43.9 Å². The van der Waals surface area contributed by atoms with E-state index in [9.17, 15) is 5.11 Å². The summed E-state index contributed by atoms with van der Waals surface area (Å²) in [4.78, 5) is 4.55. The van der Waals surface area contributed by atoms with Crippen molar-refractivity contribution in [3.63, 3.8) is 0 Å². The van der Waals surface area contributed by atoms with Crippen molar-refractivity contribution in [2.24, 2.45) is 10.9 Å². The predicted molar refractivity (Wildman–Crippen MR) is 108 cm³/mol. The molecular weight excluding hydrogens is 448 g/mol. The first kappa shape index (κ1) is 20.8. The molecular formula is C16H24Cl2IN3O. The van der Waals surface area contributed by atoms with Crippen LogP contribution in [-0.2, 0) is 6.54 Å². The topological polar surface area (TPSA) is 56.7 Å². The van der Waals surface area contributed by atoms with E-state index in [-0.39, 0.29) is 30.1 Å². The van der Waals surface area contributed by atoms with Gasteiger partial charge in [-0.25, -0.2) is 4.99 Å². The van der Waals surface area contributed by atoms with Crippen molar-refractivity contribution in [2.75, 3.05) is 13.1 Å². The van der Waals surface area contributed by atoms with E-state index in [1.807, 2.05) is 19.1 Å². The van der Waals surface area contributed by atoms with Crippen LogP contribution in [0.15, 0.2) is 23.2 Å². The second-order valence-corrected chi connectivity index (χ2v) is 6.41. The third-order valence-corrected chi connectivity index (χ3v) is 4.50. The van der Waals surface area contributed by atoms with Crippen molar-refractivity contribution in [1.82, 2.24) is 10.6 Å². The minimum atomic E-state index is -0.193. The zero-order valence-electron chi connectivity index (χ0n) is 13.2. The number of aliphatic hydroxyl groups is 1. The fourth-order valence-corrected chi connectivity index (χ4v) is 3.11. The van der Waals surface area contributed by atoms with Gasteiger partial charge < -0.3 is 15.7 Å². The van der Waals surface area contributed by atoms with Crippen molar-refractivity contribution in [3.05, 3.63) is 33.8 Å². The molecule has 2 atom stereocenters. The summed E-state index contributed by atoms with van der Waals surface area (Å²) < 4.78 is 0. The van der Waals surface area contributed by atoms with Crippen molar-refractivity contribution in [3.8, 4) is 0 Å². The number of nitrogens with zero attached hydrogens (tertiary/aromatic N) is 1. The number of aliphatic hydroxyl groups excluding tert-OH is 1. The molecule has 0 saturated heterocycles. The highest BCUT2D eigenvalue weighted by Crippen LogP contribution is 2.24.